The number of hydrogen-bond donors (Lipinski definition) is 0. The van der Waals surface area contributed by atoms with Gasteiger partial charge in [0.1, 0.15) is 23.9 Å². The first kappa shape index (κ1) is 18.5. The summed E-state index contributed by atoms with van der Waals surface area (Å²) in [5.41, 5.74) is 2.14. The van der Waals surface area contributed by atoms with Crippen LogP contribution >= 0.6 is 0 Å². The normalized spacial score (nSPS) is 10.3. The fourth-order valence-electron chi connectivity index (χ4n) is 2.55. The van der Waals surface area contributed by atoms with E-state index in [9.17, 15) is 4.79 Å². The van der Waals surface area contributed by atoms with E-state index in [1.807, 2.05) is 78.9 Å². The van der Waals surface area contributed by atoms with Gasteiger partial charge < -0.3 is 14.2 Å². The van der Waals surface area contributed by atoms with Crippen molar-refractivity contribution in [2.75, 3.05) is 7.11 Å². The number of ether oxygens (including phenoxy) is 3. The van der Waals surface area contributed by atoms with Crippen LogP contribution in [0.2, 0.25) is 0 Å². The van der Waals surface area contributed by atoms with Crippen LogP contribution in [0.25, 0.3) is 0 Å². The highest BCUT2D eigenvalue weighted by Gasteiger charge is 2.03. The summed E-state index contributed by atoms with van der Waals surface area (Å²) >= 11 is 0. The van der Waals surface area contributed by atoms with E-state index in [1.165, 1.54) is 7.11 Å². The molecule has 0 aliphatic heterocycles. The van der Waals surface area contributed by atoms with Gasteiger partial charge in [0.25, 0.3) is 0 Å². The molecule has 0 aliphatic carbocycles. The minimum absolute atomic E-state index is 0.199. The molecule has 0 unspecified atom stereocenters. The zero-order valence-electron chi connectivity index (χ0n) is 15.3. The number of rotatable bonds is 8. The molecule has 0 spiro atoms. The van der Waals surface area contributed by atoms with Crippen LogP contribution in [0.4, 0.5) is 0 Å². The molecule has 0 bridgehead atoms. The molecular formula is C23H22O4. The van der Waals surface area contributed by atoms with E-state index in [0.29, 0.717) is 19.4 Å². The first-order valence-corrected chi connectivity index (χ1v) is 8.83. The van der Waals surface area contributed by atoms with E-state index in [4.69, 9.17) is 9.47 Å². The molecule has 0 heterocycles. The zero-order chi connectivity index (χ0) is 18.9. The standard InChI is InChI=1S/C23H22O4/c1-25-23(24)16-11-18-7-12-20(13-8-18)26-17-19-9-14-22(15-10-19)27-21-5-3-2-4-6-21/h2-10,12-15H,11,16-17H2,1H3. The number of methoxy groups -OCH3 is 1. The third-order valence-corrected chi connectivity index (χ3v) is 4.08. The summed E-state index contributed by atoms with van der Waals surface area (Å²) in [7, 11) is 1.40. The van der Waals surface area contributed by atoms with Crippen LogP contribution in [0.3, 0.4) is 0 Å². The minimum Gasteiger partial charge on any atom is -0.489 e. The van der Waals surface area contributed by atoms with Crippen molar-refractivity contribution < 1.29 is 19.0 Å². The van der Waals surface area contributed by atoms with Crippen molar-refractivity contribution in [1.29, 1.82) is 0 Å². The van der Waals surface area contributed by atoms with E-state index in [-0.39, 0.29) is 5.97 Å². The molecule has 0 saturated heterocycles. The van der Waals surface area contributed by atoms with E-state index in [0.717, 1.165) is 28.4 Å². The number of aryl methyl sites for hydroxylation is 1. The van der Waals surface area contributed by atoms with Crippen LogP contribution in [-0.4, -0.2) is 13.1 Å². The molecule has 4 nitrogen and oxygen atoms in total. The Kier molecular flexibility index (Phi) is 6.47. The van der Waals surface area contributed by atoms with Crippen molar-refractivity contribution in [2.45, 2.75) is 19.4 Å². The Morgan fingerprint density at radius 2 is 1.33 bits per heavy atom. The Balaban J connectivity index is 1.49. The van der Waals surface area contributed by atoms with Gasteiger partial charge in [0, 0.05) is 6.42 Å². The monoisotopic (exact) mass is 362 g/mol. The summed E-state index contributed by atoms with van der Waals surface area (Å²) in [6.45, 7) is 0.479. The van der Waals surface area contributed by atoms with E-state index in [1.54, 1.807) is 0 Å². The van der Waals surface area contributed by atoms with Crippen LogP contribution < -0.4 is 9.47 Å². The van der Waals surface area contributed by atoms with Crippen LogP contribution in [-0.2, 0) is 22.6 Å². The number of hydrogen-bond acceptors (Lipinski definition) is 4. The molecule has 0 atom stereocenters. The van der Waals surface area contributed by atoms with Crippen LogP contribution in [0.15, 0.2) is 78.9 Å². The lowest BCUT2D eigenvalue weighted by molar-refractivity contribution is -0.140. The molecular weight excluding hydrogens is 340 g/mol. The molecule has 0 N–H and O–H groups in total. The van der Waals surface area contributed by atoms with Gasteiger partial charge in [-0.3, -0.25) is 4.79 Å². The summed E-state index contributed by atoms with van der Waals surface area (Å²) in [5.74, 6) is 2.20. The molecule has 3 aromatic carbocycles. The fraction of sp³-hybridized carbons (Fsp3) is 0.174. The molecule has 3 rings (SSSR count). The summed E-state index contributed by atoms with van der Waals surface area (Å²) in [6, 6.07) is 25.3. The van der Waals surface area contributed by atoms with Gasteiger partial charge in [0.05, 0.1) is 7.11 Å². The van der Waals surface area contributed by atoms with Crippen molar-refractivity contribution in [3.05, 3.63) is 90.0 Å². The number of carbonyl (C=O) groups is 1. The largest absolute Gasteiger partial charge is 0.489 e. The first-order valence-electron chi connectivity index (χ1n) is 8.83. The Morgan fingerprint density at radius 3 is 2.00 bits per heavy atom. The van der Waals surface area contributed by atoms with Crippen LogP contribution in [0, 0.1) is 0 Å². The molecule has 138 valence electrons. The lowest BCUT2D eigenvalue weighted by atomic mass is 10.1. The highest BCUT2D eigenvalue weighted by molar-refractivity contribution is 5.69. The summed E-state index contributed by atoms with van der Waals surface area (Å²) in [4.78, 5) is 11.2. The van der Waals surface area contributed by atoms with Crippen molar-refractivity contribution in [1.82, 2.24) is 0 Å². The van der Waals surface area contributed by atoms with Gasteiger partial charge in [-0.25, -0.2) is 0 Å². The van der Waals surface area contributed by atoms with Crippen molar-refractivity contribution in [3.63, 3.8) is 0 Å². The molecule has 0 radical (unpaired) electrons. The van der Waals surface area contributed by atoms with Gasteiger partial charge in [-0.1, -0.05) is 42.5 Å². The molecule has 4 heteroatoms. The van der Waals surface area contributed by atoms with Gasteiger partial charge >= 0.3 is 5.97 Å². The molecule has 27 heavy (non-hydrogen) atoms. The Bertz CT molecular complexity index is 840. The Hall–Kier alpha value is -3.27. The third kappa shape index (κ3) is 5.89. The van der Waals surface area contributed by atoms with Crippen molar-refractivity contribution in [2.24, 2.45) is 0 Å². The lowest BCUT2D eigenvalue weighted by Gasteiger charge is -2.09. The van der Waals surface area contributed by atoms with E-state index < -0.39 is 0 Å². The fourth-order valence-corrected chi connectivity index (χ4v) is 2.55. The number of benzene rings is 3. The van der Waals surface area contributed by atoms with Crippen LogP contribution in [0.1, 0.15) is 17.5 Å². The number of para-hydroxylation sites is 1. The van der Waals surface area contributed by atoms with Gasteiger partial charge in [-0.2, -0.15) is 0 Å². The number of esters is 1. The van der Waals surface area contributed by atoms with Crippen molar-refractivity contribution >= 4 is 5.97 Å². The second-order valence-electron chi connectivity index (χ2n) is 6.07. The van der Waals surface area contributed by atoms with E-state index >= 15 is 0 Å². The van der Waals surface area contributed by atoms with E-state index in [2.05, 4.69) is 4.74 Å². The average molecular weight is 362 g/mol. The number of carbonyl (C=O) groups excluding carboxylic acids is 1. The smallest absolute Gasteiger partial charge is 0.305 e. The first-order chi connectivity index (χ1) is 13.2. The summed E-state index contributed by atoms with van der Waals surface area (Å²) in [6.07, 6.45) is 1.05. The maximum absolute atomic E-state index is 11.2. The van der Waals surface area contributed by atoms with Gasteiger partial charge in [-0.15, -0.1) is 0 Å². The minimum atomic E-state index is -0.199. The molecule has 3 aromatic rings. The summed E-state index contributed by atoms with van der Waals surface area (Å²) < 4.78 is 16.3. The Morgan fingerprint density at radius 1 is 0.741 bits per heavy atom. The second kappa shape index (κ2) is 9.43. The maximum Gasteiger partial charge on any atom is 0.305 e. The highest BCUT2D eigenvalue weighted by Crippen LogP contribution is 2.22. The van der Waals surface area contributed by atoms with Crippen LogP contribution in [0.5, 0.6) is 17.2 Å². The molecule has 0 aromatic heterocycles. The third-order valence-electron chi connectivity index (χ3n) is 4.08. The lowest BCUT2D eigenvalue weighted by Crippen LogP contribution is -2.01. The average Bonchev–Trinajstić information content (AvgIpc) is 2.73. The van der Waals surface area contributed by atoms with Gasteiger partial charge in [0.15, 0.2) is 0 Å². The van der Waals surface area contributed by atoms with Gasteiger partial charge in [0.2, 0.25) is 0 Å². The molecule has 0 saturated carbocycles. The molecule has 0 amide bonds. The predicted molar refractivity (Wildman–Crippen MR) is 104 cm³/mol. The highest BCUT2D eigenvalue weighted by atomic mass is 16.5. The Labute approximate surface area is 159 Å². The van der Waals surface area contributed by atoms with Gasteiger partial charge in [-0.05, 0) is 53.9 Å². The predicted octanol–water partition coefficient (Wildman–Crippen LogP) is 5.16. The molecule has 0 fully saturated rings. The zero-order valence-corrected chi connectivity index (χ0v) is 15.3. The molecule has 0 aliphatic rings. The maximum atomic E-state index is 11.2. The van der Waals surface area contributed by atoms with Crippen molar-refractivity contribution in [3.8, 4) is 17.2 Å². The topological polar surface area (TPSA) is 44.8 Å². The quantitative estimate of drug-likeness (QED) is 0.519. The second-order valence-corrected chi connectivity index (χ2v) is 6.07. The summed E-state index contributed by atoms with van der Waals surface area (Å²) in [5, 5.41) is 0. The SMILES string of the molecule is COC(=O)CCc1ccc(OCc2ccc(Oc3ccccc3)cc2)cc1.